The summed E-state index contributed by atoms with van der Waals surface area (Å²) < 4.78 is 36.1. The first-order valence-electron chi connectivity index (χ1n) is 12.9. The largest absolute Gasteiger partial charge is 0.465 e. The zero-order chi connectivity index (χ0) is 27.6. The third-order valence-electron chi connectivity index (χ3n) is 7.15. The van der Waals surface area contributed by atoms with Gasteiger partial charge >= 0.3 is 5.97 Å². The van der Waals surface area contributed by atoms with Gasteiger partial charge in [-0.15, -0.1) is 0 Å². The standard InChI is InChI=1S/C31H29NO6S/c1-3-37-30(34)31(17-18-31)25-15-13-23(14-16-25)22-9-11-24(12-10-22)29-28(21(2)32-38-29)19-26(33)20-39(35,36)27-7-5-4-6-8-27/h4-16H,3,17-20H2,1-2H3. The van der Waals surface area contributed by atoms with Crippen molar-refractivity contribution in [2.45, 2.75) is 43.4 Å². The van der Waals surface area contributed by atoms with Gasteiger partial charge in [0.05, 0.1) is 22.6 Å². The lowest BCUT2D eigenvalue weighted by Gasteiger charge is -2.14. The summed E-state index contributed by atoms with van der Waals surface area (Å²) in [5.41, 5.74) is 4.32. The minimum atomic E-state index is -3.73. The predicted octanol–water partition coefficient (Wildman–Crippen LogP) is 5.50. The predicted molar refractivity (Wildman–Crippen MR) is 147 cm³/mol. The molecule has 1 saturated carbocycles. The Balaban J connectivity index is 1.31. The molecule has 3 aromatic carbocycles. The first-order chi connectivity index (χ1) is 18.7. The molecule has 0 radical (unpaired) electrons. The topological polar surface area (TPSA) is 104 Å². The Morgan fingerprint density at radius 2 is 1.49 bits per heavy atom. The van der Waals surface area contributed by atoms with E-state index in [9.17, 15) is 18.0 Å². The Hall–Kier alpha value is -4.04. The van der Waals surface area contributed by atoms with Crippen LogP contribution in [-0.4, -0.2) is 37.7 Å². The maximum atomic E-state index is 12.8. The number of aryl methyl sites for hydroxylation is 1. The molecule has 39 heavy (non-hydrogen) atoms. The Bertz CT molecular complexity index is 1600. The van der Waals surface area contributed by atoms with Crippen LogP contribution in [-0.2, 0) is 36.0 Å². The summed E-state index contributed by atoms with van der Waals surface area (Å²) in [5.74, 6) is -0.728. The molecule has 0 bridgehead atoms. The summed E-state index contributed by atoms with van der Waals surface area (Å²) in [6.07, 6.45) is 1.52. The highest BCUT2D eigenvalue weighted by molar-refractivity contribution is 7.92. The van der Waals surface area contributed by atoms with Crippen LogP contribution in [0.4, 0.5) is 0 Å². The molecule has 200 valence electrons. The monoisotopic (exact) mass is 543 g/mol. The summed E-state index contributed by atoms with van der Waals surface area (Å²) in [7, 11) is -3.73. The van der Waals surface area contributed by atoms with Gasteiger partial charge in [0.2, 0.25) is 0 Å². The third kappa shape index (κ3) is 5.43. The number of aromatic nitrogens is 1. The molecule has 5 rings (SSSR count). The van der Waals surface area contributed by atoms with E-state index in [2.05, 4.69) is 5.16 Å². The second kappa shape index (κ2) is 10.6. The zero-order valence-corrected chi connectivity index (χ0v) is 22.7. The second-order valence-corrected chi connectivity index (χ2v) is 11.8. The normalized spacial score (nSPS) is 14.1. The molecule has 0 N–H and O–H groups in total. The number of ether oxygens (including phenoxy) is 1. The number of rotatable bonds is 10. The molecule has 1 aliphatic carbocycles. The van der Waals surface area contributed by atoms with Crippen LogP contribution in [0.2, 0.25) is 0 Å². The van der Waals surface area contributed by atoms with Gasteiger partial charge in [-0.2, -0.15) is 0 Å². The van der Waals surface area contributed by atoms with Crippen LogP contribution < -0.4 is 0 Å². The lowest BCUT2D eigenvalue weighted by molar-refractivity contribution is -0.146. The number of carbonyl (C=O) groups is 2. The van der Waals surface area contributed by atoms with Gasteiger partial charge in [-0.05, 0) is 55.5 Å². The minimum absolute atomic E-state index is 0.0951. The van der Waals surface area contributed by atoms with Gasteiger partial charge in [0.25, 0.3) is 0 Å². The van der Waals surface area contributed by atoms with Gasteiger partial charge in [-0.1, -0.05) is 71.9 Å². The SMILES string of the molecule is CCOC(=O)C1(c2ccc(-c3ccc(-c4onc(C)c4CC(=O)CS(=O)(=O)c4ccccc4)cc3)cc2)CC1. The lowest BCUT2D eigenvalue weighted by Crippen LogP contribution is -2.23. The average Bonchev–Trinajstić information content (AvgIpc) is 3.68. The number of Topliss-reactive ketones (excluding diaryl/α,β-unsaturated/α-hetero) is 1. The Morgan fingerprint density at radius 3 is 2.08 bits per heavy atom. The molecular formula is C31H29NO6S. The number of benzene rings is 3. The van der Waals surface area contributed by atoms with Crippen molar-refractivity contribution in [1.82, 2.24) is 5.16 Å². The number of sulfone groups is 1. The number of esters is 1. The van der Waals surface area contributed by atoms with Crippen LogP contribution in [0, 0.1) is 6.92 Å². The molecular weight excluding hydrogens is 514 g/mol. The van der Waals surface area contributed by atoms with Gasteiger partial charge in [-0.25, -0.2) is 8.42 Å². The molecule has 0 unspecified atom stereocenters. The van der Waals surface area contributed by atoms with Gasteiger partial charge in [-0.3, -0.25) is 9.59 Å². The van der Waals surface area contributed by atoms with E-state index in [1.807, 2.05) is 55.5 Å². The van der Waals surface area contributed by atoms with Crippen LogP contribution >= 0.6 is 0 Å². The Kier molecular flexibility index (Phi) is 7.23. The zero-order valence-electron chi connectivity index (χ0n) is 21.8. The summed E-state index contributed by atoms with van der Waals surface area (Å²) in [4.78, 5) is 25.3. The molecule has 1 aliphatic rings. The molecule has 1 heterocycles. The fourth-order valence-electron chi connectivity index (χ4n) is 4.80. The fraction of sp³-hybridized carbons (Fsp3) is 0.258. The van der Waals surface area contributed by atoms with Crippen LogP contribution in [0.1, 0.15) is 36.6 Å². The van der Waals surface area contributed by atoms with Crippen molar-refractivity contribution >= 4 is 21.6 Å². The Labute approximate surface area is 227 Å². The lowest BCUT2D eigenvalue weighted by atomic mass is 9.93. The van der Waals surface area contributed by atoms with Gasteiger partial charge in [0, 0.05) is 17.5 Å². The van der Waals surface area contributed by atoms with E-state index in [-0.39, 0.29) is 17.3 Å². The van der Waals surface area contributed by atoms with E-state index in [0.717, 1.165) is 35.1 Å². The van der Waals surface area contributed by atoms with Crippen molar-refractivity contribution < 1.29 is 27.3 Å². The van der Waals surface area contributed by atoms with E-state index < -0.39 is 26.8 Å². The van der Waals surface area contributed by atoms with E-state index in [1.54, 1.807) is 25.1 Å². The summed E-state index contributed by atoms with van der Waals surface area (Å²) in [5, 5.41) is 4.03. The molecule has 0 spiro atoms. The van der Waals surface area contributed by atoms with E-state index in [0.29, 0.717) is 23.6 Å². The van der Waals surface area contributed by atoms with Gasteiger partial charge < -0.3 is 9.26 Å². The maximum absolute atomic E-state index is 12.8. The number of hydrogen-bond acceptors (Lipinski definition) is 7. The molecule has 0 atom stereocenters. The van der Waals surface area contributed by atoms with Crippen LogP contribution in [0.15, 0.2) is 88.3 Å². The molecule has 4 aromatic rings. The first kappa shape index (κ1) is 26.6. The summed E-state index contributed by atoms with van der Waals surface area (Å²) in [6, 6.07) is 23.6. The fourth-order valence-corrected chi connectivity index (χ4v) is 6.06. The Morgan fingerprint density at radius 1 is 0.897 bits per heavy atom. The van der Waals surface area contributed by atoms with Crippen LogP contribution in [0.5, 0.6) is 0 Å². The minimum Gasteiger partial charge on any atom is -0.465 e. The van der Waals surface area contributed by atoms with Gasteiger partial charge in [0.1, 0.15) is 5.75 Å². The van der Waals surface area contributed by atoms with Crippen molar-refractivity contribution in [1.29, 1.82) is 0 Å². The molecule has 8 heteroatoms. The number of nitrogens with zero attached hydrogens (tertiary/aromatic N) is 1. The molecule has 0 amide bonds. The highest BCUT2D eigenvalue weighted by Gasteiger charge is 2.52. The van der Waals surface area contributed by atoms with Gasteiger partial charge in [0.15, 0.2) is 21.4 Å². The highest BCUT2D eigenvalue weighted by Crippen LogP contribution is 2.49. The van der Waals surface area contributed by atoms with Crippen molar-refractivity contribution in [3.63, 3.8) is 0 Å². The smallest absolute Gasteiger partial charge is 0.316 e. The number of carbonyl (C=O) groups excluding carboxylic acids is 2. The maximum Gasteiger partial charge on any atom is 0.316 e. The summed E-state index contributed by atoms with van der Waals surface area (Å²) >= 11 is 0. The van der Waals surface area contributed by atoms with Crippen molar-refractivity contribution in [2.24, 2.45) is 0 Å². The van der Waals surface area contributed by atoms with E-state index >= 15 is 0 Å². The van der Waals surface area contributed by atoms with E-state index in [1.165, 1.54) is 12.1 Å². The van der Waals surface area contributed by atoms with E-state index in [4.69, 9.17) is 9.26 Å². The quantitative estimate of drug-likeness (QED) is 0.243. The van der Waals surface area contributed by atoms with Crippen LogP contribution in [0.3, 0.4) is 0 Å². The van der Waals surface area contributed by atoms with Crippen molar-refractivity contribution in [3.8, 4) is 22.5 Å². The molecule has 7 nitrogen and oxygen atoms in total. The van der Waals surface area contributed by atoms with Crippen molar-refractivity contribution in [2.75, 3.05) is 12.4 Å². The number of hydrogen-bond donors (Lipinski definition) is 0. The third-order valence-corrected chi connectivity index (χ3v) is 8.84. The summed E-state index contributed by atoms with van der Waals surface area (Å²) in [6.45, 7) is 3.93. The number of ketones is 1. The molecule has 1 aromatic heterocycles. The highest BCUT2D eigenvalue weighted by atomic mass is 32.2. The molecule has 1 fully saturated rings. The molecule has 0 aliphatic heterocycles. The van der Waals surface area contributed by atoms with Crippen molar-refractivity contribution in [3.05, 3.63) is 95.7 Å². The van der Waals surface area contributed by atoms with Crippen LogP contribution in [0.25, 0.3) is 22.5 Å². The molecule has 0 saturated heterocycles. The average molecular weight is 544 g/mol. The second-order valence-electron chi connectivity index (χ2n) is 9.82. The first-order valence-corrected chi connectivity index (χ1v) is 14.5.